The van der Waals surface area contributed by atoms with E-state index >= 15 is 0 Å². The van der Waals surface area contributed by atoms with Crippen molar-refractivity contribution in [2.24, 2.45) is 11.8 Å². The molecule has 5 nitrogen and oxygen atoms in total. The van der Waals surface area contributed by atoms with E-state index in [1.165, 1.54) is 0 Å². The molecule has 0 aromatic carbocycles. The Balaban J connectivity index is 2.02. The van der Waals surface area contributed by atoms with Crippen molar-refractivity contribution in [1.82, 2.24) is 5.32 Å². The predicted octanol–water partition coefficient (Wildman–Crippen LogP) is 0.392. The summed E-state index contributed by atoms with van der Waals surface area (Å²) < 4.78 is 5.14. The Hall–Kier alpha value is -1.10. The molecule has 1 saturated carbocycles. The summed E-state index contributed by atoms with van der Waals surface area (Å²) in [5.74, 6) is -0.654. The van der Waals surface area contributed by atoms with Gasteiger partial charge in [-0.15, -0.1) is 0 Å². The maximum atomic E-state index is 11.8. The van der Waals surface area contributed by atoms with Gasteiger partial charge in [-0.25, -0.2) is 4.79 Å². The highest BCUT2D eigenvalue weighted by Gasteiger charge is 2.46. The molecule has 2 N–H and O–H groups in total. The maximum absolute atomic E-state index is 11.8. The third-order valence-electron chi connectivity index (χ3n) is 3.56. The lowest BCUT2D eigenvalue weighted by Crippen LogP contribution is -2.57. The molecule has 0 bridgehead atoms. The number of nitrogens with one attached hydrogen (secondary N) is 1. The van der Waals surface area contributed by atoms with E-state index in [2.05, 4.69) is 5.32 Å². The van der Waals surface area contributed by atoms with Crippen molar-refractivity contribution < 1.29 is 19.4 Å². The summed E-state index contributed by atoms with van der Waals surface area (Å²) in [6.45, 7) is 2.79. The highest BCUT2D eigenvalue weighted by Crippen LogP contribution is 2.38. The van der Waals surface area contributed by atoms with Crippen LogP contribution in [0.5, 0.6) is 0 Å². The number of carboxylic acids is 1. The SMILES string of the molecule is CC1CC1C(=O)NC1(C(=O)O)CCOCC1. The van der Waals surface area contributed by atoms with Crippen molar-refractivity contribution in [3.05, 3.63) is 0 Å². The molecule has 0 spiro atoms. The van der Waals surface area contributed by atoms with Gasteiger partial charge in [0.1, 0.15) is 5.54 Å². The predicted molar refractivity (Wildman–Crippen MR) is 55.8 cm³/mol. The highest BCUT2D eigenvalue weighted by atomic mass is 16.5. The van der Waals surface area contributed by atoms with Crippen molar-refractivity contribution in [2.45, 2.75) is 31.7 Å². The van der Waals surface area contributed by atoms with Gasteiger partial charge < -0.3 is 15.2 Å². The van der Waals surface area contributed by atoms with E-state index in [1.807, 2.05) is 6.92 Å². The van der Waals surface area contributed by atoms with Crippen LogP contribution in [0.15, 0.2) is 0 Å². The lowest BCUT2D eigenvalue weighted by Gasteiger charge is -2.33. The van der Waals surface area contributed by atoms with Gasteiger partial charge in [0.25, 0.3) is 0 Å². The van der Waals surface area contributed by atoms with Crippen LogP contribution in [0.1, 0.15) is 26.2 Å². The summed E-state index contributed by atoms with van der Waals surface area (Å²) in [6.07, 6.45) is 1.59. The summed E-state index contributed by atoms with van der Waals surface area (Å²) >= 11 is 0. The molecule has 1 aliphatic heterocycles. The fourth-order valence-electron chi connectivity index (χ4n) is 2.13. The fourth-order valence-corrected chi connectivity index (χ4v) is 2.13. The molecule has 5 heteroatoms. The smallest absolute Gasteiger partial charge is 0.329 e. The van der Waals surface area contributed by atoms with Crippen LogP contribution in [-0.4, -0.2) is 35.7 Å². The number of carboxylic acid groups (broad SMARTS) is 1. The van der Waals surface area contributed by atoms with Gasteiger partial charge in [-0.3, -0.25) is 4.79 Å². The summed E-state index contributed by atoms with van der Waals surface area (Å²) in [6, 6.07) is 0. The number of rotatable bonds is 3. The molecular weight excluding hydrogens is 210 g/mol. The van der Waals surface area contributed by atoms with Gasteiger partial charge in [0.05, 0.1) is 0 Å². The van der Waals surface area contributed by atoms with E-state index in [9.17, 15) is 14.7 Å². The van der Waals surface area contributed by atoms with Gasteiger partial charge >= 0.3 is 5.97 Å². The monoisotopic (exact) mass is 227 g/mol. The molecular formula is C11H17NO4. The second-order valence-electron chi connectivity index (χ2n) is 4.81. The van der Waals surface area contributed by atoms with Crippen molar-refractivity contribution in [1.29, 1.82) is 0 Å². The molecule has 16 heavy (non-hydrogen) atoms. The fraction of sp³-hybridized carbons (Fsp3) is 0.818. The summed E-state index contributed by atoms with van der Waals surface area (Å²) in [7, 11) is 0. The van der Waals surface area contributed by atoms with Gasteiger partial charge in [-0.2, -0.15) is 0 Å². The Bertz CT molecular complexity index is 309. The van der Waals surface area contributed by atoms with Crippen molar-refractivity contribution in [2.75, 3.05) is 13.2 Å². The van der Waals surface area contributed by atoms with Crippen LogP contribution in [0, 0.1) is 11.8 Å². The zero-order valence-corrected chi connectivity index (χ0v) is 9.36. The molecule has 2 atom stereocenters. The van der Waals surface area contributed by atoms with Crippen LogP contribution in [-0.2, 0) is 14.3 Å². The van der Waals surface area contributed by atoms with E-state index < -0.39 is 11.5 Å². The Kier molecular flexibility index (Phi) is 2.88. The van der Waals surface area contributed by atoms with Crippen LogP contribution in [0.4, 0.5) is 0 Å². The van der Waals surface area contributed by atoms with E-state index in [1.54, 1.807) is 0 Å². The summed E-state index contributed by atoms with van der Waals surface area (Å²) in [4.78, 5) is 23.0. The molecule has 2 rings (SSSR count). The first-order valence-electron chi connectivity index (χ1n) is 5.68. The minimum Gasteiger partial charge on any atom is -0.480 e. The number of aliphatic carboxylic acids is 1. The lowest BCUT2D eigenvalue weighted by molar-refractivity contribution is -0.152. The lowest BCUT2D eigenvalue weighted by atomic mass is 9.90. The number of carbonyl (C=O) groups excluding carboxylic acids is 1. The van der Waals surface area contributed by atoms with E-state index in [0.29, 0.717) is 32.0 Å². The van der Waals surface area contributed by atoms with Crippen LogP contribution >= 0.6 is 0 Å². The van der Waals surface area contributed by atoms with Crippen LogP contribution < -0.4 is 5.32 Å². The van der Waals surface area contributed by atoms with Gasteiger partial charge in [-0.05, 0) is 12.3 Å². The zero-order valence-electron chi connectivity index (χ0n) is 9.36. The normalized spacial score (nSPS) is 31.8. The molecule has 1 saturated heterocycles. The third-order valence-corrected chi connectivity index (χ3v) is 3.56. The van der Waals surface area contributed by atoms with Crippen molar-refractivity contribution in [3.8, 4) is 0 Å². The third kappa shape index (κ3) is 2.04. The first-order chi connectivity index (χ1) is 7.55. The Labute approximate surface area is 94.2 Å². The second-order valence-corrected chi connectivity index (χ2v) is 4.81. The number of amides is 1. The van der Waals surface area contributed by atoms with E-state index in [0.717, 1.165) is 6.42 Å². The molecule has 1 amide bonds. The van der Waals surface area contributed by atoms with Gasteiger partial charge in [0.15, 0.2) is 0 Å². The molecule has 90 valence electrons. The van der Waals surface area contributed by atoms with E-state index in [-0.39, 0.29) is 11.8 Å². The standard InChI is InChI=1S/C11H17NO4/c1-7-6-8(7)9(13)12-11(10(14)15)2-4-16-5-3-11/h7-8H,2-6H2,1H3,(H,12,13)(H,14,15). The minimum absolute atomic E-state index is 0.0130. The number of ether oxygens (including phenoxy) is 1. The molecule has 0 aromatic rings. The zero-order chi connectivity index (χ0) is 11.8. The molecule has 0 aromatic heterocycles. The average Bonchev–Trinajstić information content (AvgIpc) is 2.97. The Morgan fingerprint density at radius 3 is 2.38 bits per heavy atom. The van der Waals surface area contributed by atoms with Gasteiger partial charge in [-0.1, -0.05) is 6.92 Å². The second kappa shape index (κ2) is 4.05. The Morgan fingerprint density at radius 2 is 1.94 bits per heavy atom. The van der Waals surface area contributed by atoms with Crippen LogP contribution in [0.2, 0.25) is 0 Å². The largest absolute Gasteiger partial charge is 0.480 e. The first kappa shape index (κ1) is 11.4. The molecule has 0 radical (unpaired) electrons. The number of hydrogen-bond acceptors (Lipinski definition) is 3. The number of carbonyl (C=O) groups is 2. The van der Waals surface area contributed by atoms with Crippen molar-refractivity contribution >= 4 is 11.9 Å². The summed E-state index contributed by atoms with van der Waals surface area (Å²) in [5.41, 5.74) is -1.10. The van der Waals surface area contributed by atoms with Crippen molar-refractivity contribution in [3.63, 3.8) is 0 Å². The maximum Gasteiger partial charge on any atom is 0.329 e. The highest BCUT2D eigenvalue weighted by molar-refractivity contribution is 5.89. The molecule has 1 aliphatic carbocycles. The molecule has 2 aliphatic rings. The first-order valence-corrected chi connectivity index (χ1v) is 5.68. The average molecular weight is 227 g/mol. The topological polar surface area (TPSA) is 75.6 Å². The minimum atomic E-state index is -1.10. The number of hydrogen-bond donors (Lipinski definition) is 2. The Morgan fingerprint density at radius 1 is 1.38 bits per heavy atom. The quantitative estimate of drug-likeness (QED) is 0.731. The summed E-state index contributed by atoms with van der Waals surface area (Å²) in [5, 5.41) is 11.9. The van der Waals surface area contributed by atoms with E-state index in [4.69, 9.17) is 4.74 Å². The molecule has 2 fully saturated rings. The van der Waals surface area contributed by atoms with Crippen LogP contribution in [0.3, 0.4) is 0 Å². The van der Waals surface area contributed by atoms with Gasteiger partial charge in [0, 0.05) is 32.0 Å². The molecule has 1 heterocycles. The van der Waals surface area contributed by atoms with Gasteiger partial charge in [0.2, 0.25) is 5.91 Å². The van der Waals surface area contributed by atoms with Crippen LogP contribution in [0.25, 0.3) is 0 Å². The molecule has 2 unspecified atom stereocenters.